The van der Waals surface area contributed by atoms with E-state index in [0.717, 1.165) is 19.3 Å². The van der Waals surface area contributed by atoms with Crippen LogP contribution in [0.2, 0.25) is 19.6 Å². The maximum atomic E-state index is 10.3. The zero-order valence-corrected chi connectivity index (χ0v) is 10.6. The molecular formula is C12H22OSi. The van der Waals surface area contributed by atoms with Crippen molar-refractivity contribution >= 4 is 8.07 Å². The molecule has 0 saturated heterocycles. The summed E-state index contributed by atoms with van der Waals surface area (Å²) in [6.45, 7) is 6.85. The highest BCUT2D eigenvalue weighted by Crippen LogP contribution is 2.23. The van der Waals surface area contributed by atoms with Crippen LogP contribution in [0.25, 0.3) is 0 Å². The van der Waals surface area contributed by atoms with Crippen LogP contribution in [0.15, 0.2) is 23.9 Å². The van der Waals surface area contributed by atoms with Crippen molar-refractivity contribution in [2.75, 3.05) is 0 Å². The van der Waals surface area contributed by atoms with Crippen molar-refractivity contribution in [2.45, 2.75) is 50.9 Å². The molecule has 1 nitrogen and oxygen atoms in total. The smallest absolute Gasteiger partial charge is 0.100 e. The third-order valence-corrected chi connectivity index (χ3v) is 3.64. The van der Waals surface area contributed by atoms with Gasteiger partial charge in [-0.15, -0.1) is 0 Å². The minimum absolute atomic E-state index is 0.656. The quantitative estimate of drug-likeness (QED) is 0.548. The van der Waals surface area contributed by atoms with Crippen LogP contribution in [0.5, 0.6) is 0 Å². The van der Waals surface area contributed by atoms with Gasteiger partial charge in [0.2, 0.25) is 0 Å². The molecule has 1 aliphatic rings. The highest BCUT2D eigenvalue weighted by atomic mass is 28.3. The van der Waals surface area contributed by atoms with Crippen LogP contribution in [-0.4, -0.2) is 18.8 Å². The van der Waals surface area contributed by atoms with Gasteiger partial charge >= 0.3 is 0 Å². The van der Waals surface area contributed by atoms with Crippen LogP contribution >= 0.6 is 0 Å². The molecule has 1 aliphatic carbocycles. The molecule has 2 heteroatoms. The Balaban J connectivity index is 2.68. The fraction of sp³-hybridized carbons (Fsp3) is 0.667. The van der Waals surface area contributed by atoms with Crippen molar-refractivity contribution in [3.8, 4) is 0 Å². The van der Waals surface area contributed by atoms with Crippen molar-refractivity contribution in [2.24, 2.45) is 0 Å². The summed E-state index contributed by atoms with van der Waals surface area (Å²) in [5, 5.41) is 10.3. The van der Waals surface area contributed by atoms with Crippen LogP contribution in [-0.2, 0) is 0 Å². The Morgan fingerprint density at radius 2 is 2.00 bits per heavy atom. The van der Waals surface area contributed by atoms with Crippen LogP contribution < -0.4 is 0 Å². The zero-order valence-electron chi connectivity index (χ0n) is 9.59. The van der Waals surface area contributed by atoms with Crippen molar-refractivity contribution in [1.29, 1.82) is 0 Å². The largest absolute Gasteiger partial charge is 0.382 e. The molecule has 1 unspecified atom stereocenters. The van der Waals surface area contributed by atoms with Crippen molar-refractivity contribution in [1.82, 2.24) is 0 Å². The Kier molecular flexibility index (Phi) is 3.73. The monoisotopic (exact) mass is 210 g/mol. The highest BCUT2D eigenvalue weighted by molar-refractivity contribution is 6.80. The lowest BCUT2D eigenvalue weighted by Crippen LogP contribution is -2.25. The Labute approximate surface area is 88.5 Å². The van der Waals surface area contributed by atoms with E-state index in [2.05, 4.69) is 31.4 Å². The molecule has 0 bridgehead atoms. The molecule has 0 saturated carbocycles. The van der Waals surface area contributed by atoms with Gasteiger partial charge in [-0.2, -0.15) is 0 Å². The summed E-state index contributed by atoms with van der Waals surface area (Å²) in [5.41, 5.74) is 1.58. The molecular weight excluding hydrogens is 188 g/mol. The van der Waals surface area contributed by atoms with Crippen LogP contribution in [0, 0.1) is 0 Å². The standard InChI is InChI=1S/C12H22OSi/c1-14(2,3)11-10-12(13)8-6-4-5-7-9-12/h6,8,10-11,13H,4-5,7,9H2,1-3H3/b11-10+. The predicted molar refractivity (Wildman–Crippen MR) is 65.0 cm³/mol. The second-order valence-corrected chi connectivity index (χ2v) is 10.4. The van der Waals surface area contributed by atoms with Gasteiger partial charge in [-0.05, 0) is 25.7 Å². The van der Waals surface area contributed by atoms with E-state index in [-0.39, 0.29) is 0 Å². The van der Waals surface area contributed by atoms with Gasteiger partial charge in [-0.25, -0.2) is 0 Å². The molecule has 0 heterocycles. The molecule has 0 aliphatic heterocycles. The highest BCUT2D eigenvalue weighted by Gasteiger charge is 2.21. The molecule has 0 radical (unpaired) electrons. The first-order valence-corrected chi connectivity index (χ1v) is 9.10. The average molecular weight is 210 g/mol. The summed E-state index contributed by atoms with van der Waals surface area (Å²) in [5.74, 6) is 0. The maximum absolute atomic E-state index is 10.3. The summed E-state index contributed by atoms with van der Waals surface area (Å²) in [6, 6.07) is 0. The van der Waals surface area contributed by atoms with Gasteiger partial charge in [0.05, 0.1) is 8.07 Å². The van der Waals surface area contributed by atoms with Crippen molar-refractivity contribution in [3.63, 3.8) is 0 Å². The molecule has 0 aromatic heterocycles. The normalized spacial score (nSPS) is 29.4. The lowest BCUT2D eigenvalue weighted by molar-refractivity contribution is 0.131. The van der Waals surface area contributed by atoms with Crippen LogP contribution in [0.1, 0.15) is 25.7 Å². The fourth-order valence-electron chi connectivity index (χ4n) is 1.57. The maximum Gasteiger partial charge on any atom is 0.100 e. The average Bonchev–Trinajstić information content (AvgIpc) is 2.27. The molecule has 1 atom stereocenters. The predicted octanol–water partition coefficient (Wildman–Crippen LogP) is 3.28. The molecule has 0 aromatic carbocycles. The van der Waals surface area contributed by atoms with Gasteiger partial charge in [0, 0.05) is 0 Å². The minimum atomic E-state index is -1.18. The first-order chi connectivity index (χ1) is 6.41. The van der Waals surface area contributed by atoms with Gasteiger partial charge in [0.25, 0.3) is 0 Å². The first-order valence-electron chi connectivity index (χ1n) is 5.52. The molecule has 0 fully saturated rings. The summed E-state index contributed by atoms with van der Waals surface area (Å²) in [4.78, 5) is 0. The third-order valence-electron chi connectivity index (χ3n) is 2.48. The lowest BCUT2D eigenvalue weighted by Gasteiger charge is -2.21. The number of aliphatic hydroxyl groups is 1. The van der Waals surface area contributed by atoms with Crippen LogP contribution in [0.3, 0.4) is 0 Å². The van der Waals surface area contributed by atoms with E-state index in [1.807, 2.05) is 12.2 Å². The first kappa shape index (κ1) is 11.7. The number of rotatable bonds is 2. The van der Waals surface area contributed by atoms with Gasteiger partial charge in [0.1, 0.15) is 5.60 Å². The summed E-state index contributed by atoms with van der Waals surface area (Å²) in [7, 11) is -1.18. The SMILES string of the molecule is C[Si](C)(C)/C=C/C1(O)C=CCCCC1. The Morgan fingerprint density at radius 3 is 2.64 bits per heavy atom. The van der Waals surface area contributed by atoms with E-state index in [1.54, 1.807) is 0 Å². The van der Waals surface area contributed by atoms with E-state index in [4.69, 9.17) is 0 Å². The lowest BCUT2D eigenvalue weighted by atomic mass is 9.99. The van der Waals surface area contributed by atoms with E-state index < -0.39 is 13.7 Å². The molecule has 0 amide bonds. The number of hydrogen-bond acceptors (Lipinski definition) is 1. The Hall–Kier alpha value is -0.343. The van der Waals surface area contributed by atoms with Gasteiger partial charge in [-0.1, -0.05) is 43.6 Å². The van der Waals surface area contributed by atoms with Gasteiger partial charge in [-0.3, -0.25) is 0 Å². The van der Waals surface area contributed by atoms with Crippen molar-refractivity contribution < 1.29 is 5.11 Å². The molecule has 14 heavy (non-hydrogen) atoms. The number of allylic oxidation sites excluding steroid dienone is 1. The topological polar surface area (TPSA) is 20.2 Å². The second-order valence-electron chi connectivity index (χ2n) is 5.34. The molecule has 0 aromatic rings. The van der Waals surface area contributed by atoms with Crippen molar-refractivity contribution in [3.05, 3.63) is 23.9 Å². The summed E-state index contributed by atoms with van der Waals surface area (Å²) in [6.07, 6.45) is 10.4. The molecule has 0 spiro atoms. The Bertz CT molecular complexity index is 237. The molecule has 1 rings (SSSR count). The third kappa shape index (κ3) is 4.25. The van der Waals surface area contributed by atoms with E-state index in [1.165, 1.54) is 6.42 Å². The van der Waals surface area contributed by atoms with Gasteiger partial charge in [0.15, 0.2) is 0 Å². The second kappa shape index (κ2) is 4.45. The summed E-state index contributed by atoms with van der Waals surface area (Å²) >= 11 is 0. The zero-order chi connectivity index (χ0) is 10.7. The number of hydrogen-bond donors (Lipinski definition) is 1. The van der Waals surface area contributed by atoms with Crippen LogP contribution in [0.4, 0.5) is 0 Å². The molecule has 1 N–H and O–H groups in total. The molecule has 80 valence electrons. The van der Waals surface area contributed by atoms with E-state index in [0.29, 0.717) is 0 Å². The van der Waals surface area contributed by atoms with E-state index >= 15 is 0 Å². The Morgan fingerprint density at radius 1 is 1.29 bits per heavy atom. The minimum Gasteiger partial charge on any atom is -0.382 e. The van der Waals surface area contributed by atoms with E-state index in [9.17, 15) is 5.11 Å². The summed E-state index contributed by atoms with van der Waals surface area (Å²) < 4.78 is 0. The fourth-order valence-corrected chi connectivity index (χ4v) is 2.36. The van der Waals surface area contributed by atoms with Gasteiger partial charge < -0.3 is 5.11 Å².